The average molecular weight is 212 g/mol. The van der Waals surface area contributed by atoms with Crippen LogP contribution in [-0.2, 0) is 14.1 Å². The number of carbonyl (C=O) groups is 1. The number of nitrogens with one attached hydrogen (secondary N) is 1. The van der Waals surface area contributed by atoms with Gasteiger partial charge in [0.2, 0.25) is 0 Å². The topological polar surface area (TPSA) is 122 Å². The fourth-order valence-corrected chi connectivity index (χ4v) is 0.956. The summed E-state index contributed by atoms with van der Waals surface area (Å²) in [7, 11) is -4.11. The molecule has 0 aliphatic carbocycles. The molecule has 0 saturated heterocycles. The Hall–Kier alpha value is -0.460. The predicted molar refractivity (Wildman–Crippen MR) is 44.7 cm³/mol. The third kappa shape index (κ3) is 9.45. The minimum absolute atomic E-state index is 0.271. The van der Waals surface area contributed by atoms with Crippen LogP contribution in [0, 0.1) is 0 Å². The Morgan fingerprint density at radius 2 is 2.23 bits per heavy atom. The summed E-state index contributed by atoms with van der Waals surface area (Å²) in [4.78, 5) is 27.5. The molecular formula is C5H13N2O5P. The number of esters is 1. The molecule has 0 radical (unpaired) electrons. The van der Waals surface area contributed by atoms with E-state index in [4.69, 9.17) is 15.5 Å². The van der Waals surface area contributed by atoms with Gasteiger partial charge < -0.3 is 14.5 Å². The van der Waals surface area contributed by atoms with Crippen LogP contribution in [0.2, 0.25) is 0 Å². The van der Waals surface area contributed by atoms with Gasteiger partial charge in [0.1, 0.15) is 6.23 Å². The van der Waals surface area contributed by atoms with Gasteiger partial charge in [0.25, 0.3) is 0 Å². The fourth-order valence-electron chi connectivity index (χ4n) is 0.553. The van der Waals surface area contributed by atoms with E-state index in [1.807, 2.05) is 0 Å². The summed E-state index contributed by atoms with van der Waals surface area (Å²) in [6, 6.07) is 0. The molecular weight excluding hydrogens is 199 g/mol. The van der Waals surface area contributed by atoms with Crippen molar-refractivity contribution in [2.24, 2.45) is 5.73 Å². The van der Waals surface area contributed by atoms with Gasteiger partial charge in [0.15, 0.2) is 0 Å². The van der Waals surface area contributed by atoms with E-state index in [0.29, 0.717) is 0 Å². The Bertz CT molecular complexity index is 213. The summed E-state index contributed by atoms with van der Waals surface area (Å²) in [5, 5.41) is 2.24. The molecule has 78 valence electrons. The lowest BCUT2D eigenvalue weighted by molar-refractivity contribution is -0.146. The summed E-state index contributed by atoms with van der Waals surface area (Å²) in [6.07, 6.45) is -1.27. The van der Waals surface area contributed by atoms with Crippen LogP contribution in [0.15, 0.2) is 0 Å². The molecule has 0 saturated carbocycles. The van der Waals surface area contributed by atoms with E-state index in [0.717, 1.165) is 0 Å². The number of hydrogen-bond acceptors (Lipinski definition) is 5. The predicted octanol–water partition coefficient (Wildman–Crippen LogP) is -1.44. The first-order valence-electron chi connectivity index (χ1n) is 3.51. The zero-order valence-electron chi connectivity index (χ0n) is 7.14. The second-order valence-electron chi connectivity index (χ2n) is 2.44. The van der Waals surface area contributed by atoms with Crippen molar-refractivity contribution in [3.8, 4) is 0 Å². The van der Waals surface area contributed by atoms with Gasteiger partial charge in [-0.2, -0.15) is 0 Å². The molecule has 8 heteroatoms. The Morgan fingerprint density at radius 1 is 1.69 bits per heavy atom. The van der Waals surface area contributed by atoms with Crippen molar-refractivity contribution in [2.75, 3.05) is 12.8 Å². The lowest BCUT2D eigenvalue weighted by Gasteiger charge is -2.08. The van der Waals surface area contributed by atoms with E-state index in [9.17, 15) is 9.36 Å². The third-order valence-electron chi connectivity index (χ3n) is 0.904. The smallest absolute Gasteiger partial charge is 0.339 e. The summed E-state index contributed by atoms with van der Waals surface area (Å²) in [6.45, 7) is 1.20. The van der Waals surface area contributed by atoms with Crippen molar-refractivity contribution in [1.82, 2.24) is 5.32 Å². The number of rotatable bonds is 5. The molecule has 0 aromatic rings. The Morgan fingerprint density at radius 3 is 2.62 bits per heavy atom. The van der Waals surface area contributed by atoms with Crippen LogP contribution < -0.4 is 11.1 Å². The van der Waals surface area contributed by atoms with E-state index in [-0.39, 0.29) is 6.54 Å². The lowest BCUT2D eigenvalue weighted by atomic mass is 10.6. The summed E-state index contributed by atoms with van der Waals surface area (Å²) < 4.78 is 14.8. The Kier molecular flexibility index (Phi) is 5.12. The zero-order valence-corrected chi connectivity index (χ0v) is 8.03. The molecule has 0 rings (SSSR count). The molecule has 1 atom stereocenters. The van der Waals surface area contributed by atoms with Crippen LogP contribution in [0.25, 0.3) is 0 Å². The molecule has 0 spiro atoms. The normalized spacial score (nSPS) is 13.8. The molecule has 1 unspecified atom stereocenters. The second-order valence-corrected chi connectivity index (χ2v) is 4.09. The molecule has 13 heavy (non-hydrogen) atoms. The number of nitrogens with two attached hydrogens (primary N) is 1. The van der Waals surface area contributed by atoms with Crippen molar-refractivity contribution in [3.63, 3.8) is 0 Å². The molecule has 0 aliphatic rings. The van der Waals surface area contributed by atoms with E-state index in [1.54, 1.807) is 0 Å². The van der Waals surface area contributed by atoms with Gasteiger partial charge in [-0.05, 0) is 6.92 Å². The molecule has 0 amide bonds. The first kappa shape index (κ1) is 12.5. The number of ether oxygens (including phenoxy) is 1. The summed E-state index contributed by atoms with van der Waals surface area (Å²) in [5.41, 5.74) is 5.13. The van der Waals surface area contributed by atoms with Gasteiger partial charge in [-0.3, -0.25) is 20.4 Å². The maximum Gasteiger partial charge on any atom is 0.339 e. The zero-order chi connectivity index (χ0) is 10.5. The van der Waals surface area contributed by atoms with Gasteiger partial charge in [0.05, 0.1) is 12.8 Å². The summed E-state index contributed by atoms with van der Waals surface area (Å²) >= 11 is 0. The molecule has 5 N–H and O–H groups in total. The quantitative estimate of drug-likeness (QED) is 0.250. The van der Waals surface area contributed by atoms with Crippen molar-refractivity contribution < 1.29 is 23.9 Å². The van der Waals surface area contributed by atoms with Gasteiger partial charge in [-0.15, -0.1) is 0 Å². The SMILES string of the molecule is CC(N)OC(=O)CNCP(=O)(O)O. The highest BCUT2D eigenvalue weighted by atomic mass is 31.2. The third-order valence-corrected chi connectivity index (χ3v) is 1.54. The van der Waals surface area contributed by atoms with Gasteiger partial charge >= 0.3 is 13.6 Å². The van der Waals surface area contributed by atoms with Gasteiger partial charge in [0, 0.05) is 0 Å². The van der Waals surface area contributed by atoms with E-state index < -0.39 is 26.1 Å². The first-order valence-corrected chi connectivity index (χ1v) is 5.31. The monoisotopic (exact) mass is 212 g/mol. The second kappa shape index (κ2) is 5.31. The highest BCUT2D eigenvalue weighted by molar-refractivity contribution is 7.51. The first-order chi connectivity index (χ1) is 5.81. The number of carbonyl (C=O) groups excluding carboxylic acids is 1. The minimum atomic E-state index is -4.11. The maximum atomic E-state index is 10.7. The highest BCUT2D eigenvalue weighted by Crippen LogP contribution is 2.31. The van der Waals surface area contributed by atoms with E-state index >= 15 is 0 Å². The molecule has 0 aromatic carbocycles. The van der Waals surface area contributed by atoms with Crippen LogP contribution in [0.4, 0.5) is 0 Å². The largest absolute Gasteiger partial charge is 0.446 e. The minimum Gasteiger partial charge on any atom is -0.446 e. The van der Waals surface area contributed by atoms with Crippen molar-refractivity contribution in [3.05, 3.63) is 0 Å². The number of hydrogen-bond donors (Lipinski definition) is 4. The van der Waals surface area contributed by atoms with Crippen LogP contribution in [0.1, 0.15) is 6.92 Å². The summed E-state index contributed by atoms with van der Waals surface area (Å²) in [5.74, 6) is -0.650. The van der Waals surface area contributed by atoms with Crippen molar-refractivity contribution in [2.45, 2.75) is 13.2 Å². The van der Waals surface area contributed by atoms with E-state index in [1.165, 1.54) is 6.92 Å². The molecule has 0 aliphatic heterocycles. The fraction of sp³-hybridized carbons (Fsp3) is 0.800. The van der Waals surface area contributed by atoms with Gasteiger partial charge in [-0.1, -0.05) is 0 Å². The molecule has 0 heterocycles. The van der Waals surface area contributed by atoms with Crippen LogP contribution in [0.5, 0.6) is 0 Å². The molecule has 0 bridgehead atoms. The highest BCUT2D eigenvalue weighted by Gasteiger charge is 2.13. The molecule has 7 nitrogen and oxygen atoms in total. The molecule has 0 fully saturated rings. The van der Waals surface area contributed by atoms with Crippen LogP contribution in [-0.4, -0.2) is 34.8 Å². The average Bonchev–Trinajstić information content (AvgIpc) is 1.81. The maximum absolute atomic E-state index is 10.7. The van der Waals surface area contributed by atoms with Gasteiger partial charge in [-0.25, -0.2) is 0 Å². The Balaban J connectivity index is 3.55. The lowest BCUT2D eigenvalue weighted by Crippen LogP contribution is -2.31. The molecule has 0 aromatic heterocycles. The Labute approximate surface area is 75.4 Å². The van der Waals surface area contributed by atoms with Crippen LogP contribution >= 0.6 is 7.60 Å². The van der Waals surface area contributed by atoms with E-state index in [2.05, 4.69) is 10.1 Å². The van der Waals surface area contributed by atoms with Crippen molar-refractivity contribution in [1.29, 1.82) is 0 Å². The van der Waals surface area contributed by atoms with Crippen molar-refractivity contribution >= 4 is 13.6 Å². The van der Waals surface area contributed by atoms with Crippen LogP contribution in [0.3, 0.4) is 0 Å². The standard InChI is InChI=1S/C5H13N2O5P/c1-4(6)12-5(8)2-7-3-13(9,10)11/h4,7H,2-3,6H2,1H3,(H2,9,10,11).